The Hall–Kier alpha value is -1.75. The summed E-state index contributed by atoms with van der Waals surface area (Å²) in [5.41, 5.74) is 0.963. The van der Waals surface area contributed by atoms with Crippen molar-refractivity contribution in [2.45, 2.75) is 25.1 Å². The molecule has 2 aliphatic rings. The summed E-state index contributed by atoms with van der Waals surface area (Å²) in [6, 6.07) is 6.63. The van der Waals surface area contributed by atoms with Gasteiger partial charge in [0.2, 0.25) is 0 Å². The molecule has 2 heterocycles. The van der Waals surface area contributed by atoms with Crippen LogP contribution in [-0.2, 0) is 16.1 Å². The molecule has 1 aromatic carbocycles. The van der Waals surface area contributed by atoms with Gasteiger partial charge in [-0.3, -0.25) is 0 Å². The van der Waals surface area contributed by atoms with E-state index in [0.717, 1.165) is 5.56 Å². The van der Waals surface area contributed by atoms with Gasteiger partial charge in [-0.15, -0.1) is 0 Å². The van der Waals surface area contributed by atoms with Gasteiger partial charge in [-0.25, -0.2) is 9.59 Å². The minimum absolute atomic E-state index is 0.126. The molecule has 5 nitrogen and oxygen atoms in total. The smallest absolute Gasteiger partial charge is 0.329 e. The zero-order valence-corrected chi connectivity index (χ0v) is 10.9. The lowest BCUT2D eigenvalue weighted by molar-refractivity contribution is -0.149. The van der Waals surface area contributed by atoms with Gasteiger partial charge < -0.3 is 15.0 Å². The third kappa shape index (κ3) is 2.38. The van der Waals surface area contributed by atoms with Gasteiger partial charge in [0, 0.05) is 18.0 Å². The van der Waals surface area contributed by atoms with E-state index in [2.05, 4.69) is 5.32 Å². The predicted molar refractivity (Wildman–Crippen MR) is 68.7 cm³/mol. The van der Waals surface area contributed by atoms with Gasteiger partial charge in [0.1, 0.15) is 12.1 Å². The molecule has 1 N–H and O–H groups in total. The second kappa shape index (κ2) is 4.74. The molecule has 0 aromatic heterocycles. The highest BCUT2D eigenvalue weighted by atomic mass is 35.5. The molecule has 0 spiro atoms. The number of nitrogens with one attached hydrogen (secondary N) is 1. The average Bonchev–Trinajstić information content (AvgIpc) is 2.96. The Morgan fingerprint density at radius 1 is 1.42 bits per heavy atom. The van der Waals surface area contributed by atoms with E-state index in [9.17, 15) is 9.59 Å². The molecule has 2 bridgehead atoms. The van der Waals surface area contributed by atoms with Crippen molar-refractivity contribution in [1.29, 1.82) is 0 Å². The zero-order chi connectivity index (χ0) is 13.4. The molecule has 1 aromatic rings. The Balaban J connectivity index is 1.57. The fourth-order valence-corrected chi connectivity index (χ4v) is 2.58. The minimum atomic E-state index is -0.407. The Bertz CT molecular complexity index is 517. The van der Waals surface area contributed by atoms with E-state index in [4.69, 9.17) is 16.3 Å². The summed E-state index contributed by atoms with van der Waals surface area (Å²) >= 11 is 5.79. The first-order valence-electron chi connectivity index (χ1n) is 6.13. The van der Waals surface area contributed by atoms with Gasteiger partial charge in [-0.1, -0.05) is 23.7 Å². The van der Waals surface area contributed by atoms with Crippen molar-refractivity contribution in [3.63, 3.8) is 0 Å². The van der Waals surface area contributed by atoms with Gasteiger partial charge in [0.05, 0.1) is 6.54 Å². The van der Waals surface area contributed by atoms with E-state index in [0.29, 0.717) is 24.5 Å². The van der Waals surface area contributed by atoms with Crippen LogP contribution in [0.1, 0.15) is 12.0 Å². The normalized spacial score (nSPS) is 24.5. The summed E-state index contributed by atoms with van der Waals surface area (Å²) in [6.45, 7) is 0.905. The molecule has 0 saturated carbocycles. The molecule has 2 fully saturated rings. The summed E-state index contributed by atoms with van der Waals surface area (Å²) in [6.07, 6.45) is 0.492. The highest BCUT2D eigenvalue weighted by Crippen LogP contribution is 2.28. The zero-order valence-electron chi connectivity index (χ0n) is 10.1. The fourth-order valence-electron chi connectivity index (χ4n) is 2.45. The standard InChI is InChI=1S/C13H13ClN2O3/c14-9-3-1-8(2-4-9)6-15-13(18)16-7-10-5-11(16)12(17)19-10/h1-4,10-11H,5-7H2,(H,15,18). The number of ether oxygens (including phenoxy) is 1. The Kier molecular flexibility index (Phi) is 3.06. The van der Waals surface area contributed by atoms with Crippen molar-refractivity contribution in [2.75, 3.05) is 6.54 Å². The number of nitrogens with zero attached hydrogens (tertiary/aromatic N) is 1. The number of esters is 1. The minimum Gasteiger partial charge on any atom is -0.459 e. The molecular formula is C13H13ClN2O3. The molecule has 2 atom stereocenters. The highest BCUT2D eigenvalue weighted by Gasteiger charge is 2.48. The maximum atomic E-state index is 12.0. The molecule has 6 heteroatoms. The lowest BCUT2D eigenvalue weighted by atomic mass is 10.2. The number of carbonyl (C=O) groups excluding carboxylic acids is 2. The van der Waals surface area contributed by atoms with Crippen LogP contribution < -0.4 is 5.32 Å². The third-order valence-corrected chi connectivity index (χ3v) is 3.69. The number of likely N-dealkylation sites (tertiary alicyclic amines) is 1. The molecular weight excluding hydrogens is 268 g/mol. The maximum absolute atomic E-state index is 12.0. The first kappa shape index (κ1) is 12.3. The van der Waals surface area contributed by atoms with Crippen LogP contribution in [0.4, 0.5) is 4.79 Å². The van der Waals surface area contributed by atoms with Crippen LogP contribution in [0.2, 0.25) is 5.02 Å². The number of halogens is 1. The monoisotopic (exact) mass is 280 g/mol. The third-order valence-electron chi connectivity index (χ3n) is 3.44. The van der Waals surface area contributed by atoms with E-state index >= 15 is 0 Å². The van der Waals surface area contributed by atoms with Crippen LogP contribution in [0.3, 0.4) is 0 Å². The van der Waals surface area contributed by atoms with Crippen molar-refractivity contribution in [1.82, 2.24) is 10.2 Å². The van der Waals surface area contributed by atoms with Crippen molar-refractivity contribution in [2.24, 2.45) is 0 Å². The Morgan fingerprint density at radius 3 is 2.79 bits per heavy atom. The predicted octanol–water partition coefficient (Wildman–Crippen LogP) is 1.55. The molecule has 2 saturated heterocycles. The quantitative estimate of drug-likeness (QED) is 0.836. The second-order valence-corrected chi connectivity index (χ2v) is 5.18. The first-order chi connectivity index (χ1) is 9.13. The first-order valence-corrected chi connectivity index (χ1v) is 6.50. The molecule has 0 radical (unpaired) electrons. The van der Waals surface area contributed by atoms with E-state index in [-0.39, 0.29) is 18.1 Å². The number of hydrogen-bond donors (Lipinski definition) is 1. The van der Waals surface area contributed by atoms with E-state index in [1.807, 2.05) is 12.1 Å². The van der Waals surface area contributed by atoms with Crippen molar-refractivity contribution >= 4 is 23.6 Å². The summed E-state index contributed by atoms with van der Waals surface area (Å²) in [5, 5.41) is 3.46. The van der Waals surface area contributed by atoms with Crippen LogP contribution in [0.5, 0.6) is 0 Å². The van der Waals surface area contributed by atoms with Crippen LogP contribution in [0, 0.1) is 0 Å². The van der Waals surface area contributed by atoms with Gasteiger partial charge in [0.25, 0.3) is 0 Å². The van der Waals surface area contributed by atoms with Crippen LogP contribution in [0.15, 0.2) is 24.3 Å². The molecule has 3 rings (SSSR count). The van der Waals surface area contributed by atoms with E-state index in [1.165, 1.54) is 0 Å². The number of morpholine rings is 1. The molecule has 100 valence electrons. The van der Waals surface area contributed by atoms with Crippen molar-refractivity contribution < 1.29 is 14.3 Å². The Morgan fingerprint density at radius 2 is 2.16 bits per heavy atom. The van der Waals surface area contributed by atoms with Crippen molar-refractivity contribution in [3.05, 3.63) is 34.9 Å². The summed E-state index contributed by atoms with van der Waals surface area (Å²) < 4.78 is 5.04. The number of benzene rings is 1. The van der Waals surface area contributed by atoms with Gasteiger partial charge in [0.15, 0.2) is 0 Å². The molecule has 19 heavy (non-hydrogen) atoms. The molecule has 2 amide bonds. The largest absolute Gasteiger partial charge is 0.459 e. The number of hydrogen-bond acceptors (Lipinski definition) is 3. The van der Waals surface area contributed by atoms with Gasteiger partial charge in [-0.2, -0.15) is 0 Å². The van der Waals surface area contributed by atoms with E-state index < -0.39 is 6.04 Å². The number of rotatable bonds is 2. The summed E-state index contributed by atoms with van der Waals surface area (Å²) in [7, 11) is 0. The maximum Gasteiger partial charge on any atom is 0.329 e. The number of fused-ring (bicyclic) bond motifs is 2. The van der Waals surface area contributed by atoms with E-state index in [1.54, 1.807) is 17.0 Å². The fraction of sp³-hybridized carbons (Fsp3) is 0.385. The molecule has 2 aliphatic heterocycles. The average molecular weight is 281 g/mol. The van der Waals surface area contributed by atoms with Gasteiger partial charge in [-0.05, 0) is 17.7 Å². The lowest BCUT2D eigenvalue weighted by Crippen LogP contribution is -2.48. The second-order valence-electron chi connectivity index (χ2n) is 4.75. The number of carbonyl (C=O) groups is 2. The van der Waals surface area contributed by atoms with Crippen LogP contribution >= 0.6 is 11.6 Å². The van der Waals surface area contributed by atoms with Crippen molar-refractivity contribution in [3.8, 4) is 0 Å². The summed E-state index contributed by atoms with van der Waals surface area (Å²) in [5.74, 6) is -0.294. The molecule has 0 aliphatic carbocycles. The number of urea groups is 1. The summed E-state index contributed by atoms with van der Waals surface area (Å²) in [4.78, 5) is 25.0. The molecule has 2 unspecified atom stereocenters. The SMILES string of the molecule is O=C1OC2CC1N(C(=O)NCc1ccc(Cl)cc1)C2. The van der Waals surface area contributed by atoms with Gasteiger partial charge >= 0.3 is 12.0 Å². The van der Waals surface area contributed by atoms with Crippen LogP contribution in [0.25, 0.3) is 0 Å². The topological polar surface area (TPSA) is 58.6 Å². The van der Waals surface area contributed by atoms with Crippen LogP contribution in [-0.4, -0.2) is 35.6 Å². The lowest BCUT2D eigenvalue weighted by Gasteiger charge is -2.25. The number of amides is 2. The Labute approximate surface area is 115 Å². The highest BCUT2D eigenvalue weighted by molar-refractivity contribution is 6.30.